The monoisotopic (exact) mass is 237 g/mol. The van der Waals surface area contributed by atoms with Crippen molar-refractivity contribution in [1.82, 2.24) is 15.3 Å². The van der Waals surface area contributed by atoms with Crippen molar-refractivity contribution in [2.24, 2.45) is 0 Å². The lowest BCUT2D eigenvalue weighted by Crippen LogP contribution is -2.17. The third kappa shape index (κ3) is 2.68. The van der Waals surface area contributed by atoms with Crippen LogP contribution in [0.3, 0.4) is 0 Å². The molecule has 1 unspecified atom stereocenters. The van der Waals surface area contributed by atoms with Crippen molar-refractivity contribution < 1.29 is 4.42 Å². The van der Waals surface area contributed by atoms with E-state index in [1.165, 1.54) is 4.88 Å². The zero-order chi connectivity index (χ0) is 11.5. The molecule has 0 amide bonds. The third-order valence-electron chi connectivity index (χ3n) is 2.26. The van der Waals surface area contributed by atoms with Crippen LogP contribution in [-0.2, 0) is 6.54 Å². The molecule has 4 nitrogen and oxygen atoms in total. The van der Waals surface area contributed by atoms with Crippen LogP contribution in [-0.4, -0.2) is 9.97 Å². The summed E-state index contributed by atoms with van der Waals surface area (Å²) in [5.74, 6) is 1.58. The summed E-state index contributed by atoms with van der Waals surface area (Å²) in [6, 6.07) is 0.121. The summed E-state index contributed by atoms with van der Waals surface area (Å²) >= 11 is 1.71. The molecule has 2 rings (SSSR count). The molecule has 2 aromatic rings. The highest BCUT2D eigenvalue weighted by Crippen LogP contribution is 2.15. The van der Waals surface area contributed by atoms with Crippen LogP contribution in [0.25, 0.3) is 0 Å². The Balaban J connectivity index is 1.91. The second-order valence-electron chi connectivity index (χ2n) is 3.76. The number of oxazole rings is 1. The molecule has 0 spiro atoms. The van der Waals surface area contributed by atoms with Gasteiger partial charge in [-0.15, -0.1) is 11.3 Å². The van der Waals surface area contributed by atoms with Gasteiger partial charge in [-0.3, -0.25) is 0 Å². The molecule has 16 heavy (non-hydrogen) atoms. The van der Waals surface area contributed by atoms with Gasteiger partial charge >= 0.3 is 0 Å². The molecule has 0 aliphatic carbocycles. The van der Waals surface area contributed by atoms with Crippen molar-refractivity contribution in [1.29, 1.82) is 0 Å². The first-order chi connectivity index (χ1) is 7.65. The maximum Gasteiger partial charge on any atom is 0.211 e. The van der Waals surface area contributed by atoms with E-state index in [2.05, 4.69) is 15.3 Å². The molecule has 0 aliphatic heterocycles. The van der Waals surface area contributed by atoms with Crippen molar-refractivity contribution in [3.05, 3.63) is 33.9 Å². The Morgan fingerprint density at radius 3 is 2.75 bits per heavy atom. The molecule has 0 bridgehead atoms. The van der Waals surface area contributed by atoms with Crippen molar-refractivity contribution >= 4 is 11.3 Å². The summed E-state index contributed by atoms with van der Waals surface area (Å²) in [6.07, 6.45) is 3.64. The zero-order valence-electron chi connectivity index (χ0n) is 9.65. The lowest BCUT2D eigenvalue weighted by molar-refractivity contribution is 0.403. The first-order valence-corrected chi connectivity index (χ1v) is 6.04. The van der Waals surface area contributed by atoms with Crippen LogP contribution in [0.2, 0.25) is 0 Å². The van der Waals surface area contributed by atoms with Crippen molar-refractivity contribution in [3.8, 4) is 0 Å². The lowest BCUT2D eigenvalue weighted by atomic mass is 10.3. The molecule has 0 fully saturated rings. The Kier molecular flexibility index (Phi) is 3.36. The summed E-state index contributed by atoms with van der Waals surface area (Å²) in [6.45, 7) is 6.75. The van der Waals surface area contributed by atoms with Gasteiger partial charge in [-0.1, -0.05) is 0 Å². The predicted octanol–water partition coefficient (Wildman–Crippen LogP) is 2.60. The Hall–Kier alpha value is -1.20. The molecule has 86 valence electrons. The third-order valence-corrected chi connectivity index (χ3v) is 3.17. The molecule has 0 aromatic carbocycles. The molecule has 0 saturated carbocycles. The number of hydrogen-bond donors (Lipinski definition) is 1. The van der Waals surface area contributed by atoms with E-state index in [1.54, 1.807) is 17.5 Å². The van der Waals surface area contributed by atoms with E-state index in [0.29, 0.717) is 0 Å². The number of rotatable bonds is 4. The largest absolute Gasteiger partial charge is 0.444 e. The highest BCUT2D eigenvalue weighted by Gasteiger charge is 2.10. The minimum Gasteiger partial charge on any atom is -0.444 e. The fraction of sp³-hybridized carbons (Fsp3) is 0.455. The second-order valence-corrected chi connectivity index (χ2v) is 5.08. The van der Waals surface area contributed by atoms with E-state index in [0.717, 1.165) is 23.2 Å². The van der Waals surface area contributed by atoms with Gasteiger partial charge in [0.15, 0.2) is 0 Å². The van der Waals surface area contributed by atoms with Gasteiger partial charge < -0.3 is 9.73 Å². The Labute approximate surface area is 98.7 Å². The highest BCUT2D eigenvalue weighted by molar-refractivity contribution is 7.11. The first-order valence-electron chi connectivity index (χ1n) is 5.22. The van der Waals surface area contributed by atoms with Crippen molar-refractivity contribution in [2.45, 2.75) is 33.4 Å². The standard InChI is InChI=1S/C11H15N3OS/c1-7-4-14-11(15-7)8(2)12-5-10-6-13-9(3)16-10/h4,6,8,12H,5H2,1-3H3. The Morgan fingerprint density at radius 2 is 2.19 bits per heavy atom. The van der Waals surface area contributed by atoms with Gasteiger partial charge in [-0.2, -0.15) is 0 Å². The van der Waals surface area contributed by atoms with E-state index in [9.17, 15) is 0 Å². The number of nitrogens with zero attached hydrogens (tertiary/aromatic N) is 2. The SMILES string of the molecule is Cc1cnc(C(C)NCc2cnc(C)s2)o1. The van der Waals surface area contributed by atoms with Crippen LogP contribution in [0.15, 0.2) is 16.8 Å². The number of aryl methyl sites for hydroxylation is 2. The summed E-state index contributed by atoms with van der Waals surface area (Å²) in [4.78, 5) is 9.63. The zero-order valence-corrected chi connectivity index (χ0v) is 10.5. The van der Waals surface area contributed by atoms with Crippen molar-refractivity contribution in [2.75, 3.05) is 0 Å². The molecule has 0 radical (unpaired) electrons. The smallest absolute Gasteiger partial charge is 0.211 e. The summed E-state index contributed by atoms with van der Waals surface area (Å²) in [5, 5.41) is 4.45. The Morgan fingerprint density at radius 1 is 1.38 bits per heavy atom. The second kappa shape index (κ2) is 4.76. The van der Waals surface area contributed by atoms with E-state index < -0.39 is 0 Å². The molecule has 0 aliphatic rings. The molecule has 1 atom stereocenters. The van der Waals surface area contributed by atoms with Gasteiger partial charge in [0.1, 0.15) is 5.76 Å². The summed E-state index contributed by atoms with van der Waals surface area (Å²) in [5.41, 5.74) is 0. The van der Waals surface area contributed by atoms with Crippen LogP contribution in [0.5, 0.6) is 0 Å². The van der Waals surface area contributed by atoms with Gasteiger partial charge in [0.2, 0.25) is 5.89 Å². The molecule has 0 saturated heterocycles. The minimum absolute atomic E-state index is 0.121. The molecule has 2 aromatic heterocycles. The van der Waals surface area contributed by atoms with Crippen LogP contribution < -0.4 is 5.32 Å². The topological polar surface area (TPSA) is 51.0 Å². The van der Waals surface area contributed by atoms with E-state index in [-0.39, 0.29) is 6.04 Å². The van der Waals surface area contributed by atoms with Crippen LogP contribution in [0, 0.1) is 13.8 Å². The van der Waals surface area contributed by atoms with Crippen LogP contribution >= 0.6 is 11.3 Å². The van der Waals surface area contributed by atoms with Gasteiger partial charge in [0.05, 0.1) is 17.2 Å². The molecule has 5 heteroatoms. The van der Waals surface area contributed by atoms with E-state index >= 15 is 0 Å². The van der Waals surface area contributed by atoms with Crippen LogP contribution in [0.1, 0.15) is 34.5 Å². The maximum atomic E-state index is 5.45. The molecular weight excluding hydrogens is 222 g/mol. The van der Waals surface area contributed by atoms with Gasteiger partial charge in [0, 0.05) is 17.6 Å². The number of nitrogens with one attached hydrogen (secondary N) is 1. The van der Waals surface area contributed by atoms with Gasteiger partial charge in [-0.05, 0) is 20.8 Å². The van der Waals surface area contributed by atoms with Gasteiger partial charge in [0.25, 0.3) is 0 Å². The number of thiazole rings is 1. The highest BCUT2D eigenvalue weighted by atomic mass is 32.1. The van der Waals surface area contributed by atoms with Crippen LogP contribution in [0.4, 0.5) is 0 Å². The quantitative estimate of drug-likeness (QED) is 0.888. The van der Waals surface area contributed by atoms with Gasteiger partial charge in [-0.25, -0.2) is 9.97 Å². The normalized spacial score (nSPS) is 12.9. The summed E-state index contributed by atoms with van der Waals surface area (Å²) in [7, 11) is 0. The van der Waals surface area contributed by atoms with E-state index in [4.69, 9.17) is 4.42 Å². The van der Waals surface area contributed by atoms with E-state index in [1.807, 2.05) is 27.0 Å². The fourth-order valence-electron chi connectivity index (χ4n) is 1.40. The minimum atomic E-state index is 0.121. The predicted molar refractivity (Wildman–Crippen MR) is 63.3 cm³/mol. The average Bonchev–Trinajstić information content (AvgIpc) is 2.84. The Bertz CT molecular complexity index is 463. The first kappa shape index (κ1) is 11.3. The maximum absolute atomic E-state index is 5.45. The van der Waals surface area contributed by atoms with Crippen molar-refractivity contribution in [3.63, 3.8) is 0 Å². The lowest BCUT2D eigenvalue weighted by Gasteiger charge is -2.08. The molecule has 2 heterocycles. The fourth-order valence-corrected chi connectivity index (χ4v) is 2.15. The molecular formula is C11H15N3OS. The average molecular weight is 237 g/mol. The molecule has 1 N–H and O–H groups in total. The number of aromatic nitrogens is 2. The number of hydrogen-bond acceptors (Lipinski definition) is 5. The summed E-state index contributed by atoms with van der Waals surface area (Å²) < 4.78 is 5.45.